The summed E-state index contributed by atoms with van der Waals surface area (Å²) >= 11 is 1.23. The standard InChI is InChI=1S/C25H20FN3O3S/c1-16-6-10-20(11-7-16)28-25-29-24(31)22(33-25)14-17-4-2-3-5-21(17)32-15-23(30)27-19-12-8-18(26)9-13-19/h2-14H,15H2,1H3,(H,27,30)(H,28,29,31)/b22-14+. The number of halogens is 1. The number of nitrogens with one attached hydrogen (secondary N) is 2. The smallest absolute Gasteiger partial charge is 0.264 e. The number of ether oxygens (including phenoxy) is 1. The van der Waals surface area contributed by atoms with E-state index in [1.807, 2.05) is 37.3 Å². The molecule has 0 aliphatic carbocycles. The topological polar surface area (TPSA) is 79.8 Å². The number of aryl methyl sites for hydroxylation is 1. The van der Waals surface area contributed by atoms with Crippen molar-refractivity contribution in [2.75, 3.05) is 11.9 Å². The fraction of sp³-hybridized carbons (Fsp3) is 0.0800. The number of anilines is 1. The number of thioether (sulfide) groups is 1. The second-order valence-corrected chi connectivity index (χ2v) is 8.23. The van der Waals surface area contributed by atoms with Crippen LogP contribution < -0.4 is 15.4 Å². The molecule has 1 aliphatic heterocycles. The molecule has 1 heterocycles. The zero-order valence-electron chi connectivity index (χ0n) is 17.7. The van der Waals surface area contributed by atoms with Crippen LogP contribution >= 0.6 is 11.8 Å². The van der Waals surface area contributed by atoms with Gasteiger partial charge in [0, 0.05) is 11.3 Å². The van der Waals surface area contributed by atoms with Gasteiger partial charge in [0.05, 0.1) is 10.6 Å². The first-order valence-electron chi connectivity index (χ1n) is 10.1. The third kappa shape index (κ3) is 6.08. The Morgan fingerprint density at radius 1 is 1.09 bits per heavy atom. The minimum absolute atomic E-state index is 0.239. The van der Waals surface area contributed by atoms with Crippen LogP contribution in [0.25, 0.3) is 6.08 Å². The molecular weight excluding hydrogens is 441 g/mol. The largest absolute Gasteiger partial charge is 0.483 e. The lowest BCUT2D eigenvalue weighted by molar-refractivity contribution is -0.118. The maximum absolute atomic E-state index is 13.0. The summed E-state index contributed by atoms with van der Waals surface area (Å²) in [5, 5.41) is 5.90. The predicted octanol–water partition coefficient (Wildman–Crippen LogP) is 5.04. The second-order valence-electron chi connectivity index (χ2n) is 7.20. The minimum Gasteiger partial charge on any atom is -0.483 e. The van der Waals surface area contributed by atoms with Crippen LogP contribution in [0.1, 0.15) is 11.1 Å². The molecule has 0 bridgehead atoms. The van der Waals surface area contributed by atoms with Gasteiger partial charge in [-0.25, -0.2) is 9.38 Å². The predicted molar refractivity (Wildman–Crippen MR) is 129 cm³/mol. The van der Waals surface area contributed by atoms with E-state index >= 15 is 0 Å². The van der Waals surface area contributed by atoms with Crippen LogP contribution in [-0.4, -0.2) is 23.6 Å². The Kier molecular flexibility index (Phi) is 6.85. The first-order chi connectivity index (χ1) is 16.0. The van der Waals surface area contributed by atoms with Crippen molar-refractivity contribution in [2.45, 2.75) is 6.92 Å². The molecule has 0 aromatic heterocycles. The van der Waals surface area contributed by atoms with Gasteiger partial charge in [-0.3, -0.25) is 9.59 Å². The monoisotopic (exact) mass is 461 g/mol. The van der Waals surface area contributed by atoms with Crippen LogP contribution in [0.2, 0.25) is 0 Å². The number of amidine groups is 1. The molecule has 3 aromatic rings. The van der Waals surface area contributed by atoms with Crippen molar-refractivity contribution < 1.29 is 18.7 Å². The summed E-state index contributed by atoms with van der Waals surface area (Å²) in [5.41, 5.74) is 3.01. The summed E-state index contributed by atoms with van der Waals surface area (Å²) in [7, 11) is 0. The summed E-state index contributed by atoms with van der Waals surface area (Å²) in [4.78, 5) is 29.5. The third-order valence-electron chi connectivity index (χ3n) is 4.61. The fourth-order valence-electron chi connectivity index (χ4n) is 2.96. The molecule has 4 rings (SSSR count). The zero-order valence-corrected chi connectivity index (χ0v) is 18.5. The van der Waals surface area contributed by atoms with Crippen molar-refractivity contribution >= 4 is 46.2 Å². The van der Waals surface area contributed by atoms with Gasteiger partial charge in [-0.1, -0.05) is 35.9 Å². The van der Waals surface area contributed by atoms with Crippen molar-refractivity contribution in [1.29, 1.82) is 0 Å². The van der Waals surface area contributed by atoms with Gasteiger partial charge in [0.2, 0.25) is 0 Å². The SMILES string of the molecule is Cc1ccc(N=C2NC(=O)/C(=C\c3ccccc3OCC(=O)Nc3ccc(F)cc3)S2)cc1. The summed E-state index contributed by atoms with van der Waals surface area (Å²) in [5.74, 6) is -0.567. The van der Waals surface area contributed by atoms with Crippen molar-refractivity contribution in [2.24, 2.45) is 4.99 Å². The minimum atomic E-state index is -0.385. The second kappa shape index (κ2) is 10.1. The van der Waals surface area contributed by atoms with Crippen molar-refractivity contribution in [1.82, 2.24) is 5.32 Å². The Labute approximate surface area is 194 Å². The van der Waals surface area contributed by atoms with E-state index in [1.54, 1.807) is 24.3 Å². The molecule has 3 aromatic carbocycles. The number of benzene rings is 3. The molecule has 0 radical (unpaired) electrons. The molecule has 2 amide bonds. The molecule has 166 valence electrons. The maximum Gasteiger partial charge on any atom is 0.264 e. The molecule has 0 atom stereocenters. The molecule has 2 N–H and O–H groups in total. The molecule has 0 spiro atoms. The van der Waals surface area contributed by atoms with Crippen LogP contribution in [0.15, 0.2) is 82.7 Å². The van der Waals surface area contributed by atoms with Crippen LogP contribution in [0.3, 0.4) is 0 Å². The van der Waals surface area contributed by atoms with Gasteiger partial charge in [-0.05, 0) is 67.2 Å². The fourth-order valence-corrected chi connectivity index (χ4v) is 3.80. The number of para-hydroxylation sites is 1. The highest BCUT2D eigenvalue weighted by Gasteiger charge is 2.24. The quantitative estimate of drug-likeness (QED) is 0.504. The summed E-state index contributed by atoms with van der Waals surface area (Å²) in [6, 6.07) is 20.3. The molecule has 0 saturated carbocycles. The highest BCUT2D eigenvalue weighted by Crippen LogP contribution is 2.30. The lowest BCUT2D eigenvalue weighted by Crippen LogP contribution is -2.20. The highest BCUT2D eigenvalue weighted by atomic mass is 32.2. The third-order valence-corrected chi connectivity index (χ3v) is 5.52. The number of rotatable bonds is 6. The number of hydrogen-bond acceptors (Lipinski definition) is 5. The average Bonchev–Trinajstić information content (AvgIpc) is 3.15. The Bertz CT molecular complexity index is 1240. The summed E-state index contributed by atoms with van der Waals surface area (Å²) in [6.07, 6.45) is 1.70. The highest BCUT2D eigenvalue weighted by molar-refractivity contribution is 8.18. The van der Waals surface area contributed by atoms with Crippen molar-refractivity contribution in [3.05, 3.63) is 94.6 Å². The van der Waals surface area contributed by atoms with E-state index in [9.17, 15) is 14.0 Å². The molecule has 33 heavy (non-hydrogen) atoms. The Morgan fingerprint density at radius 3 is 2.58 bits per heavy atom. The molecule has 6 nitrogen and oxygen atoms in total. The Balaban J connectivity index is 1.43. The van der Waals surface area contributed by atoms with Gasteiger partial charge in [-0.2, -0.15) is 0 Å². The number of hydrogen-bond donors (Lipinski definition) is 2. The molecular formula is C25H20FN3O3S. The van der Waals surface area contributed by atoms with Gasteiger partial charge in [0.15, 0.2) is 11.8 Å². The van der Waals surface area contributed by atoms with E-state index in [0.717, 1.165) is 11.3 Å². The maximum atomic E-state index is 13.0. The number of amides is 2. The van der Waals surface area contributed by atoms with Crippen molar-refractivity contribution in [3.8, 4) is 5.75 Å². The van der Waals surface area contributed by atoms with E-state index in [4.69, 9.17) is 4.74 Å². The first kappa shape index (κ1) is 22.3. The molecule has 0 unspecified atom stereocenters. The van der Waals surface area contributed by atoms with Gasteiger partial charge >= 0.3 is 0 Å². The number of carbonyl (C=O) groups excluding carboxylic acids is 2. The molecule has 1 aliphatic rings. The van der Waals surface area contributed by atoms with E-state index in [2.05, 4.69) is 15.6 Å². The summed E-state index contributed by atoms with van der Waals surface area (Å²) < 4.78 is 18.7. The van der Waals surface area contributed by atoms with Crippen LogP contribution in [-0.2, 0) is 9.59 Å². The molecule has 8 heteroatoms. The first-order valence-corrected chi connectivity index (χ1v) is 10.9. The number of carbonyl (C=O) groups is 2. The number of aliphatic imine (C=N–C) groups is 1. The zero-order chi connectivity index (χ0) is 23.2. The van der Waals surface area contributed by atoms with Crippen LogP contribution in [0, 0.1) is 12.7 Å². The Hall–Kier alpha value is -3.91. The molecule has 1 fully saturated rings. The number of nitrogens with zero attached hydrogens (tertiary/aromatic N) is 1. The lowest BCUT2D eigenvalue weighted by Gasteiger charge is -2.10. The summed E-state index contributed by atoms with van der Waals surface area (Å²) in [6.45, 7) is 1.76. The van der Waals surface area contributed by atoms with Gasteiger partial charge < -0.3 is 15.4 Å². The normalized spacial score (nSPS) is 15.5. The average molecular weight is 462 g/mol. The van der Waals surface area contributed by atoms with E-state index < -0.39 is 0 Å². The van der Waals surface area contributed by atoms with E-state index in [0.29, 0.717) is 27.1 Å². The van der Waals surface area contributed by atoms with Crippen LogP contribution in [0.4, 0.5) is 15.8 Å². The van der Waals surface area contributed by atoms with Crippen molar-refractivity contribution in [3.63, 3.8) is 0 Å². The van der Waals surface area contributed by atoms with E-state index in [-0.39, 0.29) is 24.2 Å². The van der Waals surface area contributed by atoms with Crippen LogP contribution in [0.5, 0.6) is 5.75 Å². The molecule has 1 saturated heterocycles. The van der Waals surface area contributed by atoms with Gasteiger partial charge in [0.1, 0.15) is 11.6 Å². The lowest BCUT2D eigenvalue weighted by atomic mass is 10.2. The van der Waals surface area contributed by atoms with Gasteiger partial charge in [0.25, 0.3) is 11.8 Å². The van der Waals surface area contributed by atoms with E-state index in [1.165, 1.54) is 36.0 Å². The Morgan fingerprint density at radius 2 is 1.82 bits per heavy atom. The van der Waals surface area contributed by atoms with Gasteiger partial charge in [-0.15, -0.1) is 0 Å².